The fourth-order valence-electron chi connectivity index (χ4n) is 1.35. The molecular formula is C10H26N2Si. The largest absolute Gasteiger partial charge is 0.330 e. The van der Waals surface area contributed by atoms with E-state index >= 15 is 0 Å². The molecule has 0 aromatic heterocycles. The van der Waals surface area contributed by atoms with Crippen LogP contribution in [0, 0.1) is 0 Å². The van der Waals surface area contributed by atoms with Crippen molar-refractivity contribution < 1.29 is 0 Å². The minimum Gasteiger partial charge on any atom is -0.330 e. The summed E-state index contributed by atoms with van der Waals surface area (Å²) in [6.07, 6.45) is 7.96. The van der Waals surface area contributed by atoms with E-state index in [1.54, 1.807) is 0 Å². The maximum atomic E-state index is 5.42. The van der Waals surface area contributed by atoms with Gasteiger partial charge in [0.25, 0.3) is 0 Å². The Balaban J connectivity index is 2.76. The molecule has 80 valence electrons. The summed E-state index contributed by atoms with van der Waals surface area (Å²) in [4.78, 5) is 0. The van der Waals surface area contributed by atoms with E-state index in [0.717, 1.165) is 6.54 Å². The van der Waals surface area contributed by atoms with E-state index in [1.807, 2.05) is 0 Å². The second-order valence-electron chi connectivity index (χ2n) is 3.66. The summed E-state index contributed by atoms with van der Waals surface area (Å²) in [5, 5.41) is 3.47. The summed E-state index contributed by atoms with van der Waals surface area (Å²) in [7, 11) is 1.36. The molecular weight excluding hydrogens is 176 g/mol. The Morgan fingerprint density at radius 2 is 1.46 bits per heavy atom. The molecule has 0 aromatic carbocycles. The number of hydrogen-bond acceptors (Lipinski definition) is 2. The van der Waals surface area contributed by atoms with Crippen LogP contribution in [-0.4, -0.2) is 29.9 Å². The lowest BCUT2D eigenvalue weighted by Gasteiger charge is -2.03. The molecule has 2 nitrogen and oxygen atoms in total. The van der Waals surface area contributed by atoms with Crippen molar-refractivity contribution in [3.63, 3.8) is 0 Å². The maximum absolute atomic E-state index is 5.42. The number of hydrogen-bond donors (Lipinski definition) is 2. The van der Waals surface area contributed by atoms with E-state index < -0.39 is 0 Å². The molecule has 3 heteroatoms. The predicted octanol–water partition coefficient (Wildman–Crippen LogP) is 0.659. The van der Waals surface area contributed by atoms with Crippen molar-refractivity contribution >= 4 is 10.2 Å². The highest BCUT2D eigenvalue weighted by Gasteiger charge is 1.89. The molecule has 0 rings (SSSR count). The van der Waals surface area contributed by atoms with Gasteiger partial charge in [-0.25, -0.2) is 0 Å². The molecule has 0 fully saturated rings. The van der Waals surface area contributed by atoms with Crippen LogP contribution in [0.3, 0.4) is 0 Å². The second-order valence-corrected chi connectivity index (χ2v) is 4.66. The van der Waals surface area contributed by atoms with Crippen LogP contribution in [0.15, 0.2) is 0 Å². The van der Waals surface area contributed by atoms with Crippen LogP contribution < -0.4 is 11.1 Å². The topological polar surface area (TPSA) is 38.0 Å². The molecule has 0 saturated carbocycles. The average Bonchev–Trinajstić information content (AvgIpc) is 2.16. The van der Waals surface area contributed by atoms with E-state index in [-0.39, 0.29) is 0 Å². The van der Waals surface area contributed by atoms with Crippen LogP contribution in [0.4, 0.5) is 0 Å². The quantitative estimate of drug-likeness (QED) is 0.403. The molecule has 0 atom stereocenters. The molecule has 0 radical (unpaired) electrons. The first-order valence-electron chi connectivity index (χ1n) is 5.82. The molecule has 13 heavy (non-hydrogen) atoms. The Morgan fingerprint density at radius 3 is 2.15 bits per heavy atom. The van der Waals surface area contributed by atoms with E-state index in [4.69, 9.17) is 5.73 Å². The van der Waals surface area contributed by atoms with Crippen molar-refractivity contribution in [3.05, 3.63) is 0 Å². The highest BCUT2D eigenvalue weighted by atomic mass is 28.1. The van der Waals surface area contributed by atoms with Crippen molar-refractivity contribution in [2.75, 3.05) is 19.6 Å². The monoisotopic (exact) mass is 202 g/mol. The molecule has 0 aliphatic carbocycles. The van der Waals surface area contributed by atoms with Crippen molar-refractivity contribution in [3.8, 4) is 0 Å². The lowest BCUT2D eigenvalue weighted by molar-refractivity contribution is 0.575. The second kappa shape index (κ2) is 12.1. The molecule has 0 bridgehead atoms. The molecule has 0 aliphatic heterocycles. The third-order valence-electron chi connectivity index (χ3n) is 2.26. The Labute approximate surface area is 86.1 Å². The van der Waals surface area contributed by atoms with Gasteiger partial charge in [0.15, 0.2) is 0 Å². The molecule has 0 saturated heterocycles. The smallest absolute Gasteiger partial charge is 0.00286 e. The molecule has 0 aromatic rings. The van der Waals surface area contributed by atoms with Gasteiger partial charge in [0.1, 0.15) is 0 Å². The summed E-state index contributed by atoms with van der Waals surface area (Å²) in [6, 6.07) is 1.43. The van der Waals surface area contributed by atoms with Crippen LogP contribution in [0.1, 0.15) is 38.5 Å². The third kappa shape index (κ3) is 12.1. The molecule has 0 aliphatic rings. The van der Waals surface area contributed by atoms with Gasteiger partial charge in [0.2, 0.25) is 0 Å². The first kappa shape index (κ1) is 13.1. The van der Waals surface area contributed by atoms with Crippen molar-refractivity contribution in [1.29, 1.82) is 0 Å². The zero-order chi connectivity index (χ0) is 9.78. The van der Waals surface area contributed by atoms with Crippen molar-refractivity contribution in [2.45, 2.75) is 44.6 Å². The highest BCUT2D eigenvalue weighted by molar-refractivity contribution is 6.08. The van der Waals surface area contributed by atoms with Gasteiger partial charge in [0, 0.05) is 10.2 Å². The minimum absolute atomic E-state index is 0.860. The van der Waals surface area contributed by atoms with Crippen molar-refractivity contribution in [1.82, 2.24) is 5.32 Å². The summed E-state index contributed by atoms with van der Waals surface area (Å²) in [6.45, 7) is 3.30. The van der Waals surface area contributed by atoms with Gasteiger partial charge >= 0.3 is 0 Å². The van der Waals surface area contributed by atoms with Crippen LogP contribution in [0.5, 0.6) is 0 Å². The normalized spacial score (nSPS) is 10.8. The Bertz CT molecular complexity index is 79.0. The van der Waals surface area contributed by atoms with Gasteiger partial charge in [-0.2, -0.15) is 0 Å². The van der Waals surface area contributed by atoms with Crippen molar-refractivity contribution in [2.24, 2.45) is 5.73 Å². The van der Waals surface area contributed by atoms with Gasteiger partial charge in [-0.05, 0) is 38.9 Å². The SMILES string of the molecule is NCCCCCCCNCCC[SiH3]. The molecule has 3 N–H and O–H groups in total. The van der Waals surface area contributed by atoms with Gasteiger partial charge in [-0.1, -0.05) is 25.3 Å². The predicted molar refractivity (Wildman–Crippen MR) is 64.4 cm³/mol. The summed E-state index contributed by atoms with van der Waals surface area (Å²) < 4.78 is 0. The van der Waals surface area contributed by atoms with Gasteiger partial charge in [-0.3, -0.25) is 0 Å². The fraction of sp³-hybridized carbons (Fsp3) is 1.00. The molecule has 0 unspecified atom stereocenters. The first-order valence-corrected chi connectivity index (χ1v) is 7.24. The van der Waals surface area contributed by atoms with Gasteiger partial charge < -0.3 is 11.1 Å². The molecule has 0 spiro atoms. The van der Waals surface area contributed by atoms with E-state index in [1.165, 1.54) is 67.9 Å². The maximum Gasteiger partial charge on any atom is 0.00286 e. The summed E-state index contributed by atoms with van der Waals surface area (Å²) in [5.74, 6) is 0. The summed E-state index contributed by atoms with van der Waals surface area (Å²) >= 11 is 0. The first-order chi connectivity index (χ1) is 6.41. The van der Waals surface area contributed by atoms with Crippen LogP contribution in [0.2, 0.25) is 6.04 Å². The minimum atomic E-state index is 0.860. The lowest BCUT2D eigenvalue weighted by atomic mass is 10.1. The Hall–Kier alpha value is 0.137. The zero-order valence-electron chi connectivity index (χ0n) is 9.15. The number of unbranched alkanes of at least 4 members (excludes halogenated alkanes) is 4. The highest BCUT2D eigenvalue weighted by Crippen LogP contribution is 2.00. The summed E-state index contributed by atoms with van der Waals surface area (Å²) in [5.41, 5.74) is 5.42. The van der Waals surface area contributed by atoms with Crippen LogP contribution in [0.25, 0.3) is 0 Å². The zero-order valence-corrected chi connectivity index (χ0v) is 11.1. The van der Waals surface area contributed by atoms with Gasteiger partial charge in [-0.15, -0.1) is 0 Å². The average molecular weight is 202 g/mol. The Morgan fingerprint density at radius 1 is 0.846 bits per heavy atom. The molecule has 0 heterocycles. The van der Waals surface area contributed by atoms with E-state index in [0.29, 0.717) is 0 Å². The van der Waals surface area contributed by atoms with Crippen LogP contribution in [-0.2, 0) is 0 Å². The fourth-order valence-corrected chi connectivity index (χ4v) is 1.70. The molecule has 0 amide bonds. The number of nitrogens with one attached hydrogen (secondary N) is 1. The van der Waals surface area contributed by atoms with Gasteiger partial charge in [0.05, 0.1) is 0 Å². The van der Waals surface area contributed by atoms with E-state index in [2.05, 4.69) is 5.32 Å². The number of rotatable bonds is 10. The Kier molecular flexibility index (Phi) is 12.3. The van der Waals surface area contributed by atoms with Crippen LogP contribution >= 0.6 is 0 Å². The van der Waals surface area contributed by atoms with E-state index in [9.17, 15) is 0 Å². The lowest BCUT2D eigenvalue weighted by Crippen LogP contribution is -2.16. The standard InChI is InChI=1S/C10H26N2Si/c11-7-4-2-1-3-5-8-12-9-6-10-13/h12H,1-11H2,13H3. The number of nitrogens with two attached hydrogens (primary N) is 1. The third-order valence-corrected chi connectivity index (χ3v) is 2.97.